The number of para-hydroxylation sites is 1. The quantitative estimate of drug-likeness (QED) is 0.210. The van der Waals surface area contributed by atoms with Gasteiger partial charge in [-0.2, -0.15) is 0 Å². The summed E-state index contributed by atoms with van der Waals surface area (Å²) in [7, 11) is 0. The Morgan fingerprint density at radius 2 is 1.48 bits per heavy atom. The van der Waals surface area contributed by atoms with Gasteiger partial charge in [-0.3, -0.25) is 9.97 Å². The van der Waals surface area contributed by atoms with Crippen LogP contribution in [-0.4, -0.2) is 14.5 Å². The van der Waals surface area contributed by atoms with Gasteiger partial charge in [0.2, 0.25) is 0 Å². The molecule has 0 atom stereocenters. The van der Waals surface area contributed by atoms with Crippen LogP contribution in [0.3, 0.4) is 0 Å². The number of rotatable bonds is 6. The molecule has 0 radical (unpaired) electrons. The maximum Gasteiger partial charge on any atom is 0.0887 e. The van der Waals surface area contributed by atoms with Gasteiger partial charge in [-0.15, -0.1) is 0 Å². The van der Waals surface area contributed by atoms with Gasteiger partial charge >= 0.3 is 0 Å². The van der Waals surface area contributed by atoms with Crippen LogP contribution in [0.1, 0.15) is 43.7 Å². The third kappa shape index (κ3) is 4.52. The van der Waals surface area contributed by atoms with Crippen molar-refractivity contribution in [2.24, 2.45) is 0 Å². The van der Waals surface area contributed by atoms with Crippen LogP contribution in [0.4, 0.5) is 0 Å². The van der Waals surface area contributed by atoms with Gasteiger partial charge in [-0.1, -0.05) is 62.3 Å². The largest absolute Gasteiger partial charge is 0.340 e. The minimum absolute atomic E-state index is 0.856. The van der Waals surface area contributed by atoms with Gasteiger partial charge in [0.1, 0.15) is 0 Å². The Hall–Kier alpha value is -3.90. The van der Waals surface area contributed by atoms with Crippen molar-refractivity contribution in [3.63, 3.8) is 0 Å². The molecule has 0 fully saturated rings. The molecule has 162 valence electrons. The molecule has 3 nitrogen and oxygen atoms in total. The van der Waals surface area contributed by atoms with Crippen molar-refractivity contribution in [1.82, 2.24) is 14.5 Å². The first-order valence-corrected chi connectivity index (χ1v) is 11.7. The summed E-state index contributed by atoms with van der Waals surface area (Å²) in [5, 5.41) is 2.57. The Bertz CT molecular complexity index is 1430. The van der Waals surface area contributed by atoms with Gasteiger partial charge in [0.15, 0.2) is 0 Å². The lowest BCUT2D eigenvalue weighted by Gasteiger charge is -2.07. The van der Waals surface area contributed by atoms with Crippen LogP contribution in [0.25, 0.3) is 33.2 Å². The predicted octanol–water partition coefficient (Wildman–Crippen LogP) is 7.23. The molecular weight excluding hydrogens is 402 g/mol. The topological polar surface area (TPSA) is 30.7 Å². The van der Waals surface area contributed by atoms with Crippen molar-refractivity contribution in [2.75, 3.05) is 0 Å². The molecule has 0 spiro atoms. The van der Waals surface area contributed by atoms with E-state index in [1.54, 1.807) is 6.20 Å². The lowest BCUT2D eigenvalue weighted by Crippen LogP contribution is -1.97. The van der Waals surface area contributed by atoms with Gasteiger partial charge < -0.3 is 4.57 Å². The van der Waals surface area contributed by atoms with Crippen LogP contribution in [0, 0.1) is 11.8 Å². The smallest absolute Gasteiger partial charge is 0.0887 e. The lowest BCUT2D eigenvalue weighted by molar-refractivity contribution is 0.602. The van der Waals surface area contributed by atoms with E-state index in [1.165, 1.54) is 47.5 Å². The standard InChI is InChI=1S/C30H27N3/c1-2-3-4-9-20-33-29-12-6-5-10-25(29)26-21-23(16-18-30(26)33)13-14-24-15-17-28(32-22-24)27-11-7-8-19-31-27/h5-8,10-12,15-19,21-22H,2-4,9,20H2,1H3. The Labute approximate surface area is 195 Å². The van der Waals surface area contributed by atoms with Gasteiger partial charge in [0.05, 0.1) is 11.4 Å². The van der Waals surface area contributed by atoms with Crippen molar-refractivity contribution in [3.05, 3.63) is 96.3 Å². The average Bonchev–Trinajstić information content (AvgIpc) is 3.19. The number of benzene rings is 2. The van der Waals surface area contributed by atoms with Crippen LogP contribution >= 0.6 is 0 Å². The molecule has 0 amide bonds. The van der Waals surface area contributed by atoms with Crippen LogP contribution < -0.4 is 0 Å². The highest BCUT2D eigenvalue weighted by molar-refractivity contribution is 6.08. The zero-order valence-corrected chi connectivity index (χ0v) is 19.0. The second-order valence-corrected chi connectivity index (χ2v) is 8.36. The number of aromatic nitrogens is 3. The molecule has 3 heterocycles. The first-order chi connectivity index (χ1) is 16.3. The number of nitrogens with zero attached hydrogens (tertiary/aromatic N) is 3. The van der Waals surface area contributed by atoms with E-state index >= 15 is 0 Å². The maximum atomic E-state index is 4.53. The highest BCUT2D eigenvalue weighted by atomic mass is 15.0. The van der Waals surface area contributed by atoms with Crippen LogP contribution in [0.2, 0.25) is 0 Å². The van der Waals surface area contributed by atoms with Crippen LogP contribution in [0.5, 0.6) is 0 Å². The molecule has 5 rings (SSSR count). The molecule has 3 aromatic heterocycles. The highest BCUT2D eigenvalue weighted by Gasteiger charge is 2.10. The Morgan fingerprint density at radius 3 is 2.30 bits per heavy atom. The third-order valence-corrected chi connectivity index (χ3v) is 6.05. The van der Waals surface area contributed by atoms with E-state index in [0.29, 0.717) is 0 Å². The molecule has 0 aliphatic carbocycles. The Kier molecular flexibility index (Phi) is 6.17. The summed E-state index contributed by atoms with van der Waals surface area (Å²) in [6.45, 7) is 3.32. The Morgan fingerprint density at radius 1 is 0.697 bits per heavy atom. The van der Waals surface area contributed by atoms with Crippen molar-refractivity contribution >= 4 is 21.8 Å². The van der Waals surface area contributed by atoms with Crippen molar-refractivity contribution in [1.29, 1.82) is 0 Å². The summed E-state index contributed by atoms with van der Waals surface area (Å²) in [5.74, 6) is 6.60. The molecule has 0 aliphatic rings. The van der Waals surface area contributed by atoms with Gasteiger partial charge in [-0.25, -0.2) is 0 Å². The summed E-state index contributed by atoms with van der Waals surface area (Å²) < 4.78 is 2.47. The monoisotopic (exact) mass is 429 g/mol. The number of aryl methyl sites for hydroxylation is 1. The van der Waals surface area contributed by atoms with E-state index in [0.717, 1.165) is 29.1 Å². The fraction of sp³-hybridized carbons (Fsp3) is 0.200. The zero-order valence-electron chi connectivity index (χ0n) is 19.0. The third-order valence-electron chi connectivity index (χ3n) is 6.05. The number of pyridine rings is 2. The van der Waals surface area contributed by atoms with Gasteiger partial charge in [-0.05, 0) is 55.0 Å². The van der Waals surface area contributed by atoms with E-state index in [9.17, 15) is 0 Å². The molecule has 0 bridgehead atoms. The molecule has 0 N–H and O–H groups in total. The molecule has 0 saturated heterocycles. The first kappa shape index (κ1) is 21.0. The molecule has 2 aromatic carbocycles. The summed E-state index contributed by atoms with van der Waals surface area (Å²) >= 11 is 0. The molecule has 3 heteroatoms. The Balaban J connectivity index is 1.43. The molecule has 0 unspecified atom stereocenters. The highest BCUT2D eigenvalue weighted by Crippen LogP contribution is 2.30. The predicted molar refractivity (Wildman–Crippen MR) is 137 cm³/mol. The molecule has 33 heavy (non-hydrogen) atoms. The van der Waals surface area contributed by atoms with Crippen molar-refractivity contribution in [2.45, 2.75) is 39.2 Å². The van der Waals surface area contributed by atoms with E-state index in [-0.39, 0.29) is 0 Å². The minimum Gasteiger partial charge on any atom is -0.340 e. The minimum atomic E-state index is 0.856. The number of hydrogen-bond donors (Lipinski definition) is 0. The number of fused-ring (bicyclic) bond motifs is 3. The summed E-state index contributed by atoms with van der Waals surface area (Å²) in [6.07, 6.45) is 8.65. The number of hydrogen-bond acceptors (Lipinski definition) is 2. The average molecular weight is 430 g/mol. The molecule has 0 saturated carbocycles. The van der Waals surface area contributed by atoms with E-state index in [4.69, 9.17) is 0 Å². The summed E-state index contributed by atoms with van der Waals surface area (Å²) in [6, 6.07) is 25.1. The second-order valence-electron chi connectivity index (χ2n) is 8.36. The lowest BCUT2D eigenvalue weighted by atomic mass is 10.1. The maximum absolute atomic E-state index is 4.53. The first-order valence-electron chi connectivity index (χ1n) is 11.7. The van der Waals surface area contributed by atoms with Crippen LogP contribution in [0.15, 0.2) is 85.2 Å². The zero-order chi connectivity index (χ0) is 22.5. The van der Waals surface area contributed by atoms with Gasteiger partial charge in [0, 0.05) is 51.9 Å². The van der Waals surface area contributed by atoms with E-state index in [2.05, 4.69) is 75.8 Å². The van der Waals surface area contributed by atoms with Gasteiger partial charge in [0.25, 0.3) is 0 Å². The summed E-state index contributed by atoms with van der Waals surface area (Å²) in [4.78, 5) is 8.88. The second kappa shape index (κ2) is 9.71. The SMILES string of the molecule is CCCCCCn1c2ccccc2c2cc(C#Cc3ccc(-c4ccccn4)nc3)ccc21. The van der Waals surface area contributed by atoms with Crippen molar-refractivity contribution in [3.8, 4) is 23.2 Å². The van der Waals surface area contributed by atoms with E-state index < -0.39 is 0 Å². The van der Waals surface area contributed by atoms with Crippen molar-refractivity contribution < 1.29 is 0 Å². The molecular formula is C30H27N3. The molecule has 0 aliphatic heterocycles. The normalized spacial score (nSPS) is 10.9. The molecule has 5 aromatic rings. The van der Waals surface area contributed by atoms with Crippen LogP contribution in [-0.2, 0) is 6.54 Å². The fourth-order valence-electron chi connectivity index (χ4n) is 4.35. The summed E-state index contributed by atoms with van der Waals surface area (Å²) in [5.41, 5.74) is 6.24. The van der Waals surface area contributed by atoms with E-state index in [1.807, 2.05) is 36.5 Å². The number of unbranched alkanes of at least 4 members (excludes halogenated alkanes) is 3. The fourth-order valence-corrected chi connectivity index (χ4v) is 4.35.